The Kier molecular flexibility index (Phi) is 2.99. The molecule has 13 heavy (non-hydrogen) atoms. The fourth-order valence-electron chi connectivity index (χ4n) is 2.45. The van der Waals surface area contributed by atoms with E-state index in [1.54, 1.807) is 0 Å². The van der Waals surface area contributed by atoms with Crippen LogP contribution in [-0.4, -0.2) is 18.5 Å². The Labute approximate surface area is 79.7 Å². The highest BCUT2D eigenvalue weighted by Gasteiger charge is 2.28. The van der Waals surface area contributed by atoms with Crippen molar-refractivity contribution >= 4 is 5.78 Å². The fraction of sp³-hybridized carbons (Fsp3) is 0.909. The maximum absolute atomic E-state index is 11.4. The molecule has 1 aliphatic heterocycles. The first kappa shape index (κ1) is 9.20. The lowest BCUT2D eigenvalue weighted by Crippen LogP contribution is -2.23. The molecule has 0 N–H and O–H groups in total. The molecule has 2 nitrogen and oxygen atoms in total. The molecule has 2 unspecified atom stereocenters. The topological polar surface area (TPSA) is 26.3 Å². The van der Waals surface area contributed by atoms with E-state index in [0.717, 1.165) is 32.3 Å². The van der Waals surface area contributed by atoms with Crippen LogP contribution in [-0.2, 0) is 9.53 Å². The first-order chi connectivity index (χ1) is 6.36. The highest BCUT2D eigenvalue weighted by molar-refractivity contribution is 5.82. The highest BCUT2D eigenvalue weighted by atomic mass is 16.5. The van der Waals surface area contributed by atoms with Crippen molar-refractivity contribution in [3.05, 3.63) is 0 Å². The summed E-state index contributed by atoms with van der Waals surface area (Å²) in [4.78, 5) is 11.4. The molecule has 2 aliphatic rings. The Hall–Kier alpha value is -0.370. The van der Waals surface area contributed by atoms with Crippen LogP contribution >= 0.6 is 0 Å². The first-order valence-electron chi connectivity index (χ1n) is 5.50. The third-order valence-corrected chi connectivity index (χ3v) is 3.25. The SMILES string of the molecule is O=C1CCCC1CC1CCCCO1. The van der Waals surface area contributed by atoms with Crippen LogP contribution in [0.1, 0.15) is 44.9 Å². The molecule has 1 heterocycles. The van der Waals surface area contributed by atoms with Crippen LogP contribution < -0.4 is 0 Å². The quantitative estimate of drug-likeness (QED) is 0.655. The Morgan fingerprint density at radius 2 is 2.15 bits per heavy atom. The second kappa shape index (κ2) is 4.23. The molecule has 2 heteroatoms. The molecule has 0 aromatic heterocycles. The predicted molar refractivity (Wildman–Crippen MR) is 50.6 cm³/mol. The third-order valence-electron chi connectivity index (χ3n) is 3.25. The van der Waals surface area contributed by atoms with Crippen LogP contribution in [0.25, 0.3) is 0 Å². The van der Waals surface area contributed by atoms with Gasteiger partial charge < -0.3 is 4.74 Å². The number of carbonyl (C=O) groups is 1. The molecule has 1 aliphatic carbocycles. The van der Waals surface area contributed by atoms with E-state index >= 15 is 0 Å². The number of Topliss-reactive ketones (excluding diaryl/α,β-unsaturated/α-hetero) is 1. The molecular formula is C11H18O2. The van der Waals surface area contributed by atoms with Gasteiger partial charge in [-0.25, -0.2) is 0 Å². The molecule has 2 rings (SSSR count). The van der Waals surface area contributed by atoms with Gasteiger partial charge in [0.25, 0.3) is 0 Å². The Morgan fingerprint density at radius 3 is 2.77 bits per heavy atom. The van der Waals surface area contributed by atoms with Gasteiger partial charge >= 0.3 is 0 Å². The van der Waals surface area contributed by atoms with E-state index in [-0.39, 0.29) is 0 Å². The van der Waals surface area contributed by atoms with Crippen molar-refractivity contribution in [1.82, 2.24) is 0 Å². The summed E-state index contributed by atoms with van der Waals surface area (Å²) < 4.78 is 5.64. The number of hydrogen-bond donors (Lipinski definition) is 0. The summed E-state index contributed by atoms with van der Waals surface area (Å²) in [6.07, 6.45) is 8.08. The largest absolute Gasteiger partial charge is 0.378 e. The Bertz CT molecular complexity index is 183. The van der Waals surface area contributed by atoms with Crippen LogP contribution in [0.2, 0.25) is 0 Å². The molecule has 0 aromatic carbocycles. The van der Waals surface area contributed by atoms with Crippen molar-refractivity contribution < 1.29 is 9.53 Å². The molecule has 0 spiro atoms. The molecular weight excluding hydrogens is 164 g/mol. The molecule has 0 amide bonds. The minimum atomic E-state index is 0.336. The first-order valence-corrected chi connectivity index (χ1v) is 5.50. The van der Waals surface area contributed by atoms with Crippen molar-refractivity contribution in [2.75, 3.05) is 6.61 Å². The van der Waals surface area contributed by atoms with Gasteiger partial charge in [-0.3, -0.25) is 4.79 Å². The fourth-order valence-corrected chi connectivity index (χ4v) is 2.45. The van der Waals surface area contributed by atoms with Crippen LogP contribution in [0.5, 0.6) is 0 Å². The van der Waals surface area contributed by atoms with Crippen LogP contribution in [0, 0.1) is 5.92 Å². The van der Waals surface area contributed by atoms with Crippen molar-refractivity contribution in [3.8, 4) is 0 Å². The van der Waals surface area contributed by atoms with E-state index in [1.165, 1.54) is 19.3 Å². The second-order valence-corrected chi connectivity index (χ2v) is 4.28. The summed E-state index contributed by atoms with van der Waals surface area (Å²) in [5, 5.41) is 0. The van der Waals surface area contributed by atoms with E-state index in [1.807, 2.05) is 0 Å². The van der Waals surface area contributed by atoms with Gasteiger partial charge in [-0.05, 0) is 38.5 Å². The van der Waals surface area contributed by atoms with Gasteiger partial charge in [-0.1, -0.05) is 0 Å². The number of carbonyl (C=O) groups excluding carboxylic acids is 1. The summed E-state index contributed by atoms with van der Waals surface area (Å²) in [7, 11) is 0. The van der Waals surface area contributed by atoms with Gasteiger partial charge in [-0.15, -0.1) is 0 Å². The van der Waals surface area contributed by atoms with Crippen LogP contribution in [0.15, 0.2) is 0 Å². The van der Waals surface area contributed by atoms with Gasteiger partial charge in [0.1, 0.15) is 5.78 Å². The molecule has 2 atom stereocenters. The summed E-state index contributed by atoms with van der Waals surface area (Å²) in [5.74, 6) is 0.817. The zero-order chi connectivity index (χ0) is 9.10. The molecule has 0 aromatic rings. The van der Waals surface area contributed by atoms with Crippen molar-refractivity contribution in [1.29, 1.82) is 0 Å². The molecule has 1 saturated heterocycles. The van der Waals surface area contributed by atoms with E-state index in [0.29, 0.717) is 17.8 Å². The molecule has 74 valence electrons. The van der Waals surface area contributed by atoms with E-state index in [9.17, 15) is 4.79 Å². The van der Waals surface area contributed by atoms with E-state index in [4.69, 9.17) is 4.74 Å². The van der Waals surface area contributed by atoms with Crippen LogP contribution in [0.4, 0.5) is 0 Å². The smallest absolute Gasteiger partial charge is 0.136 e. The standard InChI is InChI=1S/C11H18O2/c12-11-6-3-4-9(11)8-10-5-1-2-7-13-10/h9-10H,1-8H2. The van der Waals surface area contributed by atoms with Crippen molar-refractivity contribution in [2.45, 2.75) is 51.0 Å². The average Bonchev–Trinajstić information content (AvgIpc) is 2.54. The van der Waals surface area contributed by atoms with E-state index in [2.05, 4.69) is 0 Å². The zero-order valence-electron chi connectivity index (χ0n) is 8.13. The Morgan fingerprint density at radius 1 is 1.23 bits per heavy atom. The maximum Gasteiger partial charge on any atom is 0.136 e. The second-order valence-electron chi connectivity index (χ2n) is 4.28. The Balaban J connectivity index is 1.79. The summed E-state index contributed by atoms with van der Waals surface area (Å²) in [5.41, 5.74) is 0. The van der Waals surface area contributed by atoms with Gasteiger partial charge in [0.15, 0.2) is 0 Å². The zero-order valence-corrected chi connectivity index (χ0v) is 8.13. The molecule has 0 bridgehead atoms. The number of ketones is 1. The monoisotopic (exact) mass is 182 g/mol. The molecule has 2 fully saturated rings. The van der Waals surface area contributed by atoms with Gasteiger partial charge in [0.05, 0.1) is 6.10 Å². The van der Waals surface area contributed by atoms with Gasteiger partial charge in [0.2, 0.25) is 0 Å². The molecule has 1 saturated carbocycles. The molecule has 0 radical (unpaired) electrons. The summed E-state index contributed by atoms with van der Waals surface area (Å²) in [6, 6.07) is 0. The summed E-state index contributed by atoms with van der Waals surface area (Å²) in [6.45, 7) is 0.908. The summed E-state index contributed by atoms with van der Waals surface area (Å²) >= 11 is 0. The number of rotatable bonds is 2. The lowest BCUT2D eigenvalue weighted by Gasteiger charge is -2.24. The van der Waals surface area contributed by atoms with Crippen molar-refractivity contribution in [2.24, 2.45) is 5.92 Å². The lowest BCUT2D eigenvalue weighted by atomic mass is 9.95. The minimum absolute atomic E-state index is 0.336. The number of ether oxygens (including phenoxy) is 1. The highest BCUT2D eigenvalue weighted by Crippen LogP contribution is 2.28. The third kappa shape index (κ3) is 2.31. The normalized spacial score (nSPS) is 35.2. The minimum Gasteiger partial charge on any atom is -0.378 e. The van der Waals surface area contributed by atoms with Crippen molar-refractivity contribution in [3.63, 3.8) is 0 Å². The van der Waals surface area contributed by atoms with Gasteiger partial charge in [-0.2, -0.15) is 0 Å². The lowest BCUT2D eigenvalue weighted by molar-refractivity contribution is -0.122. The average molecular weight is 182 g/mol. The predicted octanol–water partition coefficient (Wildman–Crippen LogP) is 2.31. The van der Waals surface area contributed by atoms with Crippen LogP contribution in [0.3, 0.4) is 0 Å². The maximum atomic E-state index is 11.4. The number of hydrogen-bond acceptors (Lipinski definition) is 2. The van der Waals surface area contributed by atoms with Gasteiger partial charge in [0, 0.05) is 18.9 Å². The van der Waals surface area contributed by atoms with E-state index < -0.39 is 0 Å².